The summed E-state index contributed by atoms with van der Waals surface area (Å²) in [4.78, 5) is 39.6. The Bertz CT molecular complexity index is 814. The maximum atomic E-state index is 12.3. The van der Waals surface area contributed by atoms with E-state index in [4.69, 9.17) is 9.52 Å². The van der Waals surface area contributed by atoms with E-state index in [-0.39, 0.29) is 18.2 Å². The third kappa shape index (κ3) is 5.67. The Morgan fingerprint density at radius 3 is 2.44 bits per heavy atom. The van der Waals surface area contributed by atoms with Crippen molar-refractivity contribution in [2.45, 2.75) is 33.2 Å². The van der Waals surface area contributed by atoms with Crippen molar-refractivity contribution in [1.82, 2.24) is 15.6 Å². The molecule has 0 saturated heterocycles. The van der Waals surface area contributed by atoms with Gasteiger partial charge in [-0.15, -0.1) is 0 Å². The van der Waals surface area contributed by atoms with Crippen LogP contribution in [-0.4, -0.2) is 40.5 Å². The van der Waals surface area contributed by atoms with Gasteiger partial charge in [0.15, 0.2) is 5.69 Å². The number of nitrogens with one attached hydrogen (secondary N) is 2. The van der Waals surface area contributed by atoms with E-state index in [1.54, 1.807) is 19.1 Å². The van der Waals surface area contributed by atoms with E-state index in [9.17, 15) is 14.4 Å². The van der Waals surface area contributed by atoms with Crippen molar-refractivity contribution in [2.24, 2.45) is 5.92 Å². The van der Waals surface area contributed by atoms with Crippen molar-refractivity contribution in [2.75, 3.05) is 6.54 Å². The Labute approximate surface area is 157 Å². The van der Waals surface area contributed by atoms with E-state index in [0.29, 0.717) is 18.1 Å². The molecule has 2 aromatic rings. The van der Waals surface area contributed by atoms with Gasteiger partial charge in [-0.3, -0.25) is 9.59 Å². The third-order valence-electron chi connectivity index (χ3n) is 3.78. The Hall–Kier alpha value is -3.16. The highest BCUT2D eigenvalue weighted by atomic mass is 16.4. The van der Waals surface area contributed by atoms with Gasteiger partial charge in [0.25, 0.3) is 5.91 Å². The summed E-state index contributed by atoms with van der Waals surface area (Å²) in [6.07, 6.45) is 0.303. The van der Waals surface area contributed by atoms with Crippen LogP contribution in [0.4, 0.5) is 0 Å². The van der Waals surface area contributed by atoms with Gasteiger partial charge in [-0.1, -0.05) is 32.0 Å². The van der Waals surface area contributed by atoms with Crippen LogP contribution >= 0.6 is 0 Å². The largest absolute Gasteiger partial charge is 0.480 e. The first kappa shape index (κ1) is 20.2. The summed E-state index contributed by atoms with van der Waals surface area (Å²) in [6.45, 7) is 4.98. The molecule has 0 bridgehead atoms. The summed E-state index contributed by atoms with van der Waals surface area (Å²) in [5.74, 6) is -1.51. The average molecular weight is 373 g/mol. The molecule has 0 fully saturated rings. The maximum Gasteiger partial charge on any atom is 0.326 e. The number of carboxylic acids is 1. The Balaban J connectivity index is 1.96. The summed E-state index contributed by atoms with van der Waals surface area (Å²) in [5.41, 5.74) is 0.814. The molecular formula is C19H23N3O5. The first-order valence-corrected chi connectivity index (χ1v) is 8.61. The molecule has 2 rings (SSSR count). The summed E-state index contributed by atoms with van der Waals surface area (Å²) in [6, 6.07) is 8.13. The quantitative estimate of drug-likeness (QED) is 0.651. The first-order chi connectivity index (χ1) is 12.8. The number of oxazole rings is 1. The number of aliphatic carboxylic acids is 1. The molecule has 0 aliphatic rings. The molecule has 2 amide bonds. The number of carboxylic acid groups (broad SMARTS) is 1. The molecule has 0 saturated carbocycles. The Morgan fingerprint density at radius 2 is 1.85 bits per heavy atom. The summed E-state index contributed by atoms with van der Waals surface area (Å²) in [7, 11) is 0. The zero-order valence-electron chi connectivity index (χ0n) is 15.5. The van der Waals surface area contributed by atoms with Crippen molar-refractivity contribution in [1.29, 1.82) is 0 Å². The molecule has 3 N–H and O–H groups in total. The predicted octanol–water partition coefficient (Wildman–Crippen LogP) is 2.00. The van der Waals surface area contributed by atoms with Crippen LogP contribution in [0.15, 0.2) is 34.7 Å². The molecule has 0 aliphatic carbocycles. The topological polar surface area (TPSA) is 122 Å². The van der Waals surface area contributed by atoms with E-state index in [2.05, 4.69) is 15.6 Å². The highest BCUT2D eigenvalue weighted by molar-refractivity contribution is 5.96. The predicted molar refractivity (Wildman–Crippen MR) is 98.0 cm³/mol. The van der Waals surface area contributed by atoms with Gasteiger partial charge in [0.1, 0.15) is 11.8 Å². The van der Waals surface area contributed by atoms with E-state index >= 15 is 0 Å². The maximum absolute atomic E-state index is 12.3. The minimum Gasteiger partial charge on any atom is -0.480 e. The van der Waals surface area contributed by atoms with Gasteiger partial charge in [0.05, 0.1) is 6.54 Å². The molecule has 0 unspecified atom stereocenters. The Kier molecular flexibility index (Phi) is 6.70. The van der Waals surface area contributed by atoms with E-state index in [0.717, 1.165) is 5.56 Å². The van der Waals surface area contributed by atoms with Crippen molar-refractivity contribution in [3.05, 3.63) is 41.8 Å². The lowest BCUT2D eigenvalue weighted by atomic mass is 10.0. The van der Waals surface area contributed by atoms with Crippen LogP contribution in [0.5, 0.6) is 0 Å². The number of amides is 2. The van der Waals surface area contributed by atoms with Gasteiger partial charge in [-0.05, 0) is 31.4 Å². The highest BCUT2D eigenvalue weighted by Gasteiger charge is 2.22. The molecule has 8 heteroatoms. The lowest BCUT2D eigenvalue weighted by Gasteiger charge is -2.16. The number of aromatic nitrogens is 1. The molecule has 1 heterocycles. The molecule has 144 valence electrons. The lowest BCUT2D eigenvalue weighted by Crippen LogP contribution is -2.46. The van der Waals surface area contributed by atoms with Gasteiger partial charge in [-0.2, -0.15) is 0 Å². The number of hydrogen-bond acceptors (Lipinski definition) is 5. The van der Waals surface area contributed by atoms with Gasteiger partial charge in [-0.25, -0.2) is 9.78 Å². The van der Waals surface area contributed by atoms with Crippen LogP contribution in [0.25, 0.3) is 11.5 Å². The molecule has 0 spiro atoms. The normalized spacial score (nSPS) is 11.9. The van der Waals surface area contributed by atoms with Gasteiger partial charge < -0.3 is 20.2 Å². The van der Waals surface area contributed by atoms with E-state index in [1.165, 1.54) is 0 Å². The zero-order chi connectivity index (χ0) is 20.0. The SMILES string of the molecule is Cc1oc(-c2ccccc2)nc1C(=O)NCC(=O)N[C@@H](CC(C)C)C(=O)O. The smallest absolute Gasteiger partial charge is 0.326 e. The molecule has 1 atom stereocenters. The van der Waals surface area contributed by atoms with Crippen LogP contribution < -0.4 is 10.6 Å². The first-order valence-electron chi connectivity index (χ1n) is 8.61. The fourth-order valence-corrected chi connectivity index (χ4v) is 2.49. The molecule has 8 nitrogen and oxygen atoms in total. The second-order valence-electron chi connectivity index (χ2n) is 6.56. The fraction of sp³-hybridized carbons (Fsp3) is 0.368. The molecule has 27 heavy (non-hydrogen) atoms. The average Bonchev–Trinajstić information content (AvgIpc) is 3.01. The van der Waals surface area contributed by atoms with Crippen LogP contribution in [0.3, 0.4) is 0 Å². The minimum absolute atomic E-state index is 0.0821. The van der Waals surface area contributed by atoms with Crippen molar-refractivity contribution >= 4 is 17.8 Å². The number of carbonyl (C=O) groups is 3. The zero-order valence-corrected chi connectivity index (χ0v) is 15.5. The van der Waals surface area contributed by atoms with Crippen LogP contribution in [0.2, 0.25) is 0 Å². The highest BCUT2D eigenvalue weighted by Crippen LogP contribution is 2.21. The van der Waals surface area contributed by atoms with Gasteiger partial charge in [0.2, 0.25) is 11.8 Å². The molecule has 0 aliphatic heterocycles. The van der Waals surface area contributed by atoms with Gasteiger partial charge >= 0.3 is 5.97 Å². The number of benzene rings is 1. The van der Waals surface area contributed by atoms with E-state index < -0.39 is 23.8 Å². The van der Waals surface area contributed by atoms with Crippen molar-refractivity contribution in [3.63, 3.8) is 0 Å². The van der Waals surface area contributed by atoms with Gasteiger partial charge in [0, 0.05) is 5.56 Å². The van der Waals surface area contributed by atoms with Crippen LogP contribution in [-0.2, 0) is 9.59 Å². The molecule has 0 radical (unpaired) electrons. The van der Waals surface area contributed by atoms with Crippen LogP contribution in [0.1, 0.15) is 36.5 Å². The standard InChI is InChI=1S/C19H23N3O5/c1-11(2)9-14(19(25)26)21-15(23)10-20-17(24)16-12(3)27-18(22-16)13-7-5-4-6-8-13/h4-8,11,14H,9-10H2,1-3H3,(H,20,24)(H,21,23)(H,25,26)/t14-/m0/s1. The second-order valence-corrected chi connectivity index (χ2v) is 6.56. The van der Waals surface area contributed by atoms with E-state index in [1.807, 2.05) is 32.0 Å². The number of rotatable bonds is 8. The van der Waals surface area contributed by atoms with Crippen molar-refractivity contribution < 1.29 is 23.9 Å². The summed E-state index contributed by atoms with van der Waals surface area (Å²) < 4.78 is 5.52. The Morgan fingerprint density at radius 1 is 1.19 bits per heavy atom. The molecule has 1 aromatic heterocycles. The van der Waals surface area contributed by atoms with Crippen molar-refractivity contribution in [3.8, 4) is 11.5 Å². The molecular weight excluding hydrogens is 350 g/mol. The number of carbonyl (C=O) groups excluding carboxylic acids is 2. The number of hydrogen-bond donors (Lipinski definition) is 3. The minimum atomic E-state index is -1.11. The second kappa shape index (κ2) is 8.98. The fourth-order valence-electron chi connectivity index (χ4n) is 2.49. The summed E-state index contributed by atoms with van der Waals surface area (Å²) in [5, 5.41) is 14.0. The molecule has 1 aromatic carbocycles. The summed E-state index contributed by atoms with van der Waals surface area (Å²) >= 11 is 0. The number of nitrogens with zero attached hydrogens (tertiary/aromatic N) is 1. The monoisotopic (exact) mass is 373 g/mol. The number of aryl methyl sites for hydroxylation is 1. The van der Waals surface area contributed by atoms with Crippen LogP contribution in [0, 0.1) is 12.8 Å². The third-order valence-corrected chi connectivity index (χ3v) is 3.78. The lowest BCUT2D eigenvalue weighted by molar-refractivity contribution is -0.142.